The predicted octanol–water partition coefficient (Wildman–Crippen LogP) is 3.58. The molecular formula is C21H21N3O. The Hall–Kier alpha value is -2.51. The smallest absolute Gasteiger partial charge is 0.167 e. The number of fused-ring (bicyclic) bond motifs is 2. The molecule has 0 spiro atoms. The van der Waals surface area contributed by atoms with Gasteiger partial charge in [-0.1, -0.05) is 30.3 Å². The topological polar surface area (TPSA) is 57.0 Å². The summed E-state index contributed by atoms with van der Waals surface area (Å²) in [6, 6.07) is 15.3. The Labute approximate surface area is 148 Å². The van der Waals surface area contributed by atoms with Gasteiger partial charge in [0.1, 0.15) is 6.07 Å². The number of hydrogen-bond acceptors (Lipinski definition) is 4. The molecule has 4 rings (SSSR count). The zero-order valence-electron chi connectivity index (χ0n) is 14.1. The zero-order chi connectivity index (χ0) is 17.2. The molecular weight excluding hydrogens is 310 g/mol. The van der Waals surface area contributed by atoms with Crippen molar-refractivity contribution in [3.63, 3.8) is 0 Å². The van der Waals surface area contributed by atoms with Crippen LogP contribution in [0.2, 0.25) is 0 Å². The number of hydrogen-bond donors (Lipinski definition) is 0. The average molecular weight is 331 g/mol. The van der Waals surface area contributed by atoms with Crippen LogP contribution in [0.3, 0.4) is 0 Å². The molecule has 2 bridgehead atoms. The van der Waals surface area contributed by atoms with Crippen molar-refractivity contribution in [1.29, 1.82) is 5.26 Å². The van der Waals surface area contributed by atoms with Crippen LogP contribution < -0.4 is 0 Å². The molecule has 25 heavy (non-hydrogen) atoms. The Balaban J connectivity index is 1.47. The molecule has 2 saturated heterocycles. The molecule has 0 radical (unpaired) electrons. The van der Waals surface area contributed by atoms with E-state index in [0.717, 1.165) is 19.4 Å². The number of nitriles is 1. The normalized spacial score (nSPS) is 25.5. The summed E-state index contributed by atoms with van der Waals surface area (Å²) in [5.74, 6) is 0.209. The van der Waals surface area contributed by atoms with Crippen molar-refractivity contribution in [2.45, 2.75) is 44.3 Å². The van der Waals surface area contributed by atoms with E-state index in [9.17, 15) is 4.79 Å². The van der Waals surface area contributed by atoms with Gasteiger partial charge in [0.15, 0.2) is 5.78 Å². The number of aromatic nitrogens is 1. The number of Topliss-reactive ketones (excluding diaryl/α,β-unsaturated/α-hetero) is 1. The Bertz CT molecular complexity index is 797. The molecule has 0 amide bonds. The van der Waals surface area contributed by atoms with E-state index in [2.05, 4.69) is 40.2 Å². The van der Waals surface area contributed by atoms with Crippen LogP contribution >= 0.6 is 0 Å². The van der Waals surface area contributed by atoms with Gasteiger partial charge in [-0.05, 0) is 37.3 Å². The maximum absolute atomic E-state index is 12.9. The van der Waals surface area contributed by atoms with E-state index >= 15 is 0 Å². The van der Waals surface area contributed by atoms with Crippen LogP contribution in [0.25, 0.3) is 0 Å². The second-order valence-corrected chi connectivity index (χ2v) is 7.15. The maximum Gasteiger partial charge on any atom is 0.167 e. The molecule has 1 aromatic carbocycles. The van der Waals surface area contributed by atoms with E-state index < -0.39 is 0 Å². The third-order valence-electron chi connectivity index (χ3n) is 5.61. The summed E-state index contributed by atoms with van der Waals surface area (Å²) in [6.07, 6.45) is 7.29. The van der Waals surface area contributed by atoms with Crippen molar-refractivity contribution in [2.75, 3.05) is 0 Å². The first kappa shape index (κ1) is 16.0. The summed E-state index contributed by atoms with van der Waals surface area (Å²) in [7, 11) is 0. The first-order valence-corrected chi connectivity index (χ1v) is 8.93. The van der Waals surface area contributed by atoms with Crippen LogP contribution in [0.5, 0.6) is 0 Å². The summed E-state index contributed by atoms with van der Waals surface area (Å²) in [4.78, 5) is 19.5. The maximum atomic E-state index is 12.9. The van der Waals surface area contributed by atoms with Gasteiger partial charge in [0.05, 0.1) is 5.56 Å². The van der Waals surface area contributed by atoms with Gasteiger partial charge in [-0.2, -0.15) is 5.26 Å². The number of carbonyl (C=O) groups excluding carboxylic acids is 1. The highest BCUT2D eigenvalue weighted by Gasteiger charge is 2.42. The first-order chi connectivity index (χ1) is 12.2. The zero-order valence-corrected chi connectivity index (χ0v) is 14.1. The lowest BCUT2D eigenvalue weighted by Crippen LogP contribution is -2.44. The summed E-state index contributed by atoms with van der Waals surface area (Å²) in [5, 5.41) is 9.02. The van der Waals surface area contributed by atoms with Gasteiger partial charge in [0, 0.05) is 42.5 Å². The fourth-order valence-electron chi connectivity index (χ4n) is 4.41. The molecule has 0 saturated carbocycles. The van der Waals surface area contributed by atoms with Crippen LogP contribution in [0.4, 0.5) is 0 Å². The molecule has 2 aromatic rings. The Morgan fingerprint density at radius 3 is 2.56 bits per heavy atom. The Kier molecular flexibility index (Phi) is 4.33. The molecule has 2 fully saturated rings. The van der Waals surface area contributed by atoms with Crippen LogP contribution in [0.15, 0.2) is 48.8 Å². The minimum atomic E-state index is 0.0558. The van der Waals surface area contributed by atoms with Crippen molar-refractivity contribution in [1.82, 2.24) is 9.88 Å². The summed E-state index contributed by atoms with van der Waals surface area (Å²) >= 11 is 0. The van der Waals surface area contributed by atoms with E-state index in [0.29, 0.717) is 23.2 Å². The van der Waals surface area contributed by atoms with E-state index in [1.54, 1.807) is 12.3 Å². The summed E-state index contributed by atoms with van der Waals surface area (Å²) in [5.41, 5.74) is 2.38. The third-order valence-corrected chi connectivity index (χ3v) is 5.61. The van der Waals surface area contributed by atoms with E-state index in [4.69, 9.17) is 5.26 Å². The SMILES string of the molecule is N#Cc1cncc(C(=O)C2CC3CCC(C2)N3Cc2ccccc2)c1. The van der Waals surface area contributed by atoms with Gasteiger partial charge in [-0.3, -0.25) is 14.7 Å². The van der Waals surface area contributed by atoms with Gasteiger partial charge in [0.25, 0.3) is 0 Å². The van der Waals surface area contributed by atoms with E-state index in [1.807, 2.05) is 6.07 Å². The minimum absolute atomic E-state index is 0.0558. The molecule has 2 aliphatic rings. The average Bonchev–Trinajstić information content (AvgIpc) is 2.90. The number of piperidine rings is 1. The Morgan fingerprint density at radius 1 is 1.16 bits per heavy atom. The van der Waals surface area contributed by atoms with Crippen LogP contribution in [-0.4, -0.2) is 27.8 Å². The highest BCUT2D eigenvalue weighted by molar-refractivity contribution is 5.98. The molecule has 3 heterocycles. The lowest BCUT2D eigenvalue weighted by atomic mass is 9.84. The molecule has 0 aliphatic carbocycles. The fraction of sp³-hybridized carbons (Fsp3) is 0.381. The monoisotopic (exact) mass is 331 g/mol. The summed E-state index contributed by atoms with van der Waals surface area (Å²) in [6.45, 7) is 0.975. The largest absolute Gasteiger partial charge is 0.294 e. The number of pyridine rings is 1. The second kappa shape index (κ2) is 6.78. The minimum Gasteiger partial charge on any atom is -0.294 e. The number of ketones is 1. The molecule has 0 N–H and O–H groups in total. The predicted molar refractivity (Wildman–Crippen MR) is 94.8 cm³/mol. The Morgan fingerprint density at radius 2 is 1.88 bits per heavy atom. The van der Waals surface area contributed by atoms with E-state index in [-0.39, 0.29) is 11.7 Å². The highest BCUT2D eigenvalue weighted by Crippen LogP contribution is 2.40. The number of rotatable bonds is 4. The van der Waals surface area contributed by atoms with Gasteiger partial charge in [-0.25, -0.2) is 0 Å². The molecule has 4 heteroatoms. The first-order valence-electron chi connectivity index (χ1n) is 8.93. The van der Waals surface area contributed by atoms with Crippen LogP contribution in [-0.2, 0) is 6.54 Å². The fourth-order valence-corrected chi connectivity index (χ4v) is 4.41. The van der Waals surface area contributed by atoms with Crippen LogP contribution in [0.1, 0.15) is 47.2 Å². The molecule has 126 valence electrons. The van der Waals surface area contributed by atoms with Crippen LogP contribution in [0, 0.1) is 17.2 Å². The van der Waals surface area contributed by atoms with Gasteiger partial charge < -0.3 is 0 Å². The number of carbonyl (C=O) groups is 1. The lowest BCUT2D eigenvalue weighted by molar-refractivity contribution is 0.0678. The molecule has 2 aliphatic heterocycles. The third kappa shape index (κ3) is 3.20. The standard InChI is InChI=1S/C21H21N3O/c22-11-16-8-18(13-23-12-16)21(25)17-9-19-6-7-20(10-17)24(19)14-15-4-2-1-3-5-15/h1-5,8,12-13,17,19-20H,6-7,9-10,14H2. The second-order valence-electron chi connectivity index (χ2n) is 7.15. The summed E-state index contributed by atoms with van der Waals surface area (Å²) < 4.78 is 0. The number of nitrogens with zero attached hydrogens (tertiary/aromatic N) is 3. The van der Waals surface area contributed by atoms with Crippen molar-refractivity contribution >= 4 is 5.78 Å². The van der Waals surface area contributed by atoms with Crippen molar-refractivity contribution in [3.05, 3.63) is 65.5 Å². The molecule has 4 nitrogen and oxygen atoms in total. The van der Waals surface area contributed by atoms with Crippen molar-refractivity contribution < 1.29 is 4.79 Å². The quantitative estimate of drug-likeness (QED) is 0.804. The number of benzene rings is 1. The molecule has 2 atom stereocenters. The van der Waals surface area contributed by atoms with E-state index in [1.165, 1.54) is 24.6 Å². The van der Waals surface area contributed by atoms with Gasteiger partial charge in [-0.15, -0.1) is 0 Å². The molecule has 1 aromatic heterocycles. The van der Waals surface area contributed by atoms with Gasteiger partial charge >= 0.3 is 0 Å². The van der Waals surface area contributed by atoms with Crippen molar-refractivity contribution in [2.24, 2.45) is 5.92 Å². The van der Waals surface area contributed by atoms with Gasteiger partial charge in [0.2, 0.25) is 0 Å². The van der Waals surface area contributed by atoms with Crippen molar-refractivity contribution in [3.8, 4) is 6.07 Å². The lowest BCUT2D eigenvalue weighted by Gasteiger charge is -2.38. The highest BCUT2D eigenvalue weighted by atomic mass is 16.1. The molecule has 2 unspecified atom stereocenters.